The molecule has 0 bridgehead atoms. The highest BCUT2D eigenvalue weighted by Gasteiger charge is 2.24. The summed E-state index contributed by atoms with van der Waals surface area (Å²) < 4.78 is 2.17. The molecule has 41 heavy (non-hydrogen) atoms. The van der Waals surface area contributed by atoms with E-state index in [1.807, 2.05) is 41.3 Å². The average Bonchev–Trinajstić information content (AvgIpc) is 3.61. The molecule has 1 aromatic carbocycles. The minimum absolute atomic E-state index is 0.0494. The summed E-state index contributed by atoms with van der Waals surface area (Å²) in [5.74, 6) is 2.20. The lowest BCUT2D eigenvalue weighted by Crippen LogP contribution is -2.33. The Hall–Kier alpha value is -3.26. The molecule has 5 rings (SSSR count). The van der Waals surface area contributed by atoms with Gasteiger partial charge in [0, 0.05) is 30.8 Å². The molecule has 1 amide bonds. The molecule has 3 aromatic rings. The van der Waals surface area contributed by atoms with Gasteiger partial charge in [-0.2, -0.15) is 0 Å². The largest absolute Gasteiger partial charge is 0.326 e. The molecule has 1 N–H and O–H groups in total. The molecule has 1 aliphatic heterocycles. The lowest BCUT2D eigenvalue weighted by Gasteiger charge is -2.26. The van der Waals surface area contributed by atoms with Gasteiger partial charge in [0.2, 0.25) is 11.9 Å². The molecular weight excluding hydrogens is 512 g/mol. The van der Waals surface area contributed by atoms with E-state index in [1.165, 1.54) is 45.2 Å². The van der Waals surface area contributed by atoms with Crippen molar-refractivity contribution >= 4 is 40.3 Å². The number of carbonyl (C=O) groups is 2. The van der Waals surface area contributed by atoms with E-state index in [0.717, 1.165) is 73.8 Å². The van der Waals surface area contributed by atoms with Crippen LogP contribution in [-0.4, -0.2) is 57.3 Å². The number of hydrogen-bond donors (Lipinski definition) is 1. The molecule has 3 heterocycles. The number of rotatable bonds is 13. The van der Waals surface area contributed by atoms with Crippen molar-refractivity contribution in [1.29, 1.82) is 0 Å². The van der Waals surface area contributed by atoms with Crippen molar-refractivity contribution < 1.29 is 9.59 Å². The Morgan fingerprint density at radius 1 is 0.927 bits per heavy atom. The van der Waals surface area contributed by atoms with Crippen molar-refractivity contribution in [3.63, 3.8) is 0 Å². The third kappa shape index (κ3) is 7.53. The SMILES string of the molecule is CCCCN(C(=O)CC1CCCC1)c1ccc2nc(Nc3ccc(C(C)=O)cc3)n(CCCN3CCCCC3)c2n1. The van der Waals surface area contributed by atoms with Crippen molar-refractivity contribution in [2.45, 2.75) is 91.0 Å². The number of aromatic nitrogens is 3. The van der Waals surface area contributed by atoms with Gasteiger partial charge in [-0.1, -0.05) is 32.6 Å². The number of hydrogen-bond acceptors (Lipinski definition) is 6. The summed E-state index contributed by atoms with van der Waals surface area (Å²) in [6.07, 6.45) is 12.3. The summed E-state index contributed by atoms with van der Waals surface area (Å²) in [6.45, 7) is 8.62. The van der Waals surface area contributed by atoms with Crippen LogP contribution in [0, 0.1) is 5.92 Å². The highest BCUT2D eigenvalue weighted by molar-refractivity contribution is 5.95. The second-order valence-electron chi connectivity index (χ2n) is 11.9. The molecule has 8 nitrogen and oxygen atoms in total. The van der Waals surface area contributed by atoms with Crippen LogP contribution in [0.2, 0.25) is 0 Å². The molecule has 1 saturated carbocycles. The summed E-state index contributed by atoms with van der Waals surface area (Å²) in [4.78, 5) is 39.8. The third-order valence-corrected chi connectivity index (χ3v) is 8.68. The monoisotopic (exact) mass is 558 g/mol. The Bertz CT molecular complexity index is 1310. The predicted molar refractivity (Wildman–Crippen MR) is 166 cm³/mol. The lowest BCUT2D eigenvalue weighted by molar-refractivity contribution is -0.119. The fraction of sp³-hybridized carbons (Fsp3) is 0.576. The Labute approximate surface area is 244 Å². The number of piperidine rings is 1. The van der Waals surface area contributed by atoms with Gasteiger partial charge in [-0.05, 0) is 107 Å². The van der Waals surface area contributed by atoms with Crippen molar-refractivity contribution in [2.24, 2.45) is 5.92 Å². The zero-order chi connectivity index (χ0) is 28.6. The van der Waals surface area contributed by atoms with E-state index in [2.05, 4.69) is 21.7 Å². The average molecular weight is 559 g/mol. The maximum atomic E-state index is 13.5. The maximum Gasteiger partial charge on any atom is 0.228 e. The van der Waals surface area contributed by atoms with Crippen LogP contribution in [0.15, 0.2) is 36.4 Å². The van der Waals surface area contributed by atoms with Crippen LogP contribution in [0.1, 0.15) is 94.8 Å². The molecular formula is C33H46N6O2. The number of likely N-dealkylation sites (tertiary alicyclic amines) is 1. The summed E-state index contributed by atoms with van der Waals surface area (Å²) in [5.41, 5.74) is 3.18. The first-order valence-electron chi connectivity index (χ1n) is 15.8. The van der Waals surface area contributed by atoms with Gasteiger partial charge in [0.1, 0.15) is 11.3 Å². The number of nitrogens with one attached hydrogen (secondary N) is 1. The van der Waals surface area contributed by atoms with Crippen LogP contribution in [0.4, 0.5) is 17.5 Å². The van der Waals surface area contributed by atoms with Crippen LogP contribution < -0.4 is 10.2 Å². The highest BCUT2D eigenvalue weighted by Crippen LogP contribution is 2.30. The first-order valence-corrected chi connectivity index (χ1v) is 15.8. The molecule has 0 spiro atoms. The predicted octanol–water partition coefficient (Wildman–Crippen LogP) is 6.97. The van der Waals surface area contributed by atoms with Gasteiger partial charge in [0.05, 0.1) is 0 Å². The minimum atomic E-state index is 0.0494. The van der Waals surface area contributed by atoms with Gasteiger partial charge in [-0.25, -0.2) is 9.97 Å². The van der Waals surface area contributed by atoms with Gasteiger partial charge in [0.25, 0.3) is 0 Å². The Morgan fingerprint density at radius 3 is 2.39 bits per heavy atom. The number of nitrogens with zero attached hydrogens (tertiary/aromatic N) is 5. The molecule has 1 aliphatic carbocycles. The van der Waals surface area contributed by atoms with Gasteiger partial charge in [-0.15, -0.1) is 0 Å². The number of fused-ring (bicyclic) bond motifs is 1. The third-order valence-electron chi connectivity index (χ3n) is 8.68. The number of ketones is 1. The van der Waals surface area contributed by atoms with Crippen LogP contribution in [-0.2, 0) is 11.3 Å². The number of Topliss-reactive ketones (excluding diaryl/α,β-unsaturated/α-hetero) is 1. The fourth-order valence-electron chi connectivity index (χ4n) is 6.26. The molecule has 0 atom stereocenters. The van der Waals surface area contributed by atoms with E-state index in [1.54, 1.807) is 6.92 Å². The zero-order valence-corrected chi connectivity index (χ0v) is 24.9. The standard InChI is InChI=1S/C33H46N6O2/c1-3-4-22-38(31(41)24-26-11-6-7-12-26)30-18-17-29-32(36-30)39(23-10-21-37-19-8-5-9-20-37)33(35-29)34-28-15-13-27(14-16-28)25(2)40/h13-18,26H,3-12,19-24H2,1-2H3,(H,34,35). The lowest BCUT2D eigenvalue weighted by atomic mass is 10.0. The molecule has 0 radical (unpaired) electrons. The first-order chi connectivity index (χ1) is 20.0. The van der Waals surface area contributed by atoms with Crippen molar-refractivity contribution in [2.75, 3.05) is 36.4 Å². The van der Waals surface area contributed by atoms with Crippen molar-refractivity contribution in [3.05, 3.63) is 42.0 Å². The normalized spacial score (nSPS) is 16.3. The molecule has 2 aromatic heterocycles. The Balaban J connectivity index is 1.43. The Kier molecular flexibility index (Phi) is 10.0. The number of benzene rings is 1. The number of imidazole rings is 1. The summed E-state index contributed by atoms with van der Waals surface area (Å²) in [5, 5.41) is 3.48. The number of carbonyl (C=O) groups excluding carboxylic acids is 2. The van der Waals surface area contributed by atoms with Crippen LogP contribution in [0.3, 0.4) is 0 Å². The number of amides is 1. The second-order valence-corrected chi connectivity index (χ2v) is 11.9. The topological polar surface area (TPSA) is 83.4 Å². The molecule has 1 saturated heterocycles. The minimum Gasteiger partial charge on any atom is -0.326 e. The molecule has 2 fully saturated rings. The maximum absolute atomic E-state index is 13.5. The number of unbranched alkanes of at least 4 members (excludes halogenated alkanes) is 1. The van der Waals surface area contributed by atoms with Gasteiger partial charge in [-0.3, -0.25) is 19.1 Å². The fourth-order valence-corrected chi connectivity index (χ4v) is 6.26. The van der Waals surface area contributed by atoms with E-state index >= 15 is 0 Å². The Morgan fingerprint density at radius 2 is 1.68 bits per heavy atom. The number of aryl methyl sites for hydroxylation is 1. The summed E-state index contributed by atoms with van der Waals surface area (Å²) in [6, 6.07) is 11.5. The van der Waals surface area contributed by atoms with E-state index in [9.17, 15) is 9.59 Å². The van der Waals surface area contributed by atoms with Crippen LogP contribution in [0.25, 0.3) is 11.2 Å². The quantitative estimate of drug-likeness (QED) is 0.228. The van der Waals surface area contributed by atoms with Crippen LogP contribution in [0.5, 0.6) is 0 Å². The van der Waals surface area contributed by atoms with E-state index in [-0.39, 0.29) is 11.7 Å². The molecule has 0 unspecified atom stereocenters. The summed E-state index contributed by atoms with van der Waals surface area (Å²) >= 11 is 0. The molecule has 8 heteroatoms. The zero-order valence-electron chi connectivity index (χ0n) is 24.9. The number of anilines is 3. The van der Waals surface area contributed by atoms with E-state index in [0.29, 0.717) is 24.4 Å². The van der Waals surface area contributed by atoms with E-state index in [4.69, 9.17) is 9.97 Å². The smallest absolute Gasteiger partial charge is 0.228 e. The second kappa shape index (κ2) is 14.1. The van der Waals surface area contributed by atoms with Crippen molar-refractivity contribution in [3.8, 4) is 0 Å². The highest BCUT2D eigenvalue weighted by atomic mass is 16.2. The van der Waals surface area contributed by atoms with Gasteiger partial charge < -0.3 is 10.2 Å². The summed E-state index contributed by atoms with van der Waals surface area (Å²) in [7, 11) is 0. The van der Waals surface area contributed by atoms with Crippen molar-refractivity contribution in [1.82, 2.24) is 19.4 Å². The van der Waals surface area contributed by atoms with Crippen LogP contribution >= 0.6 is 0 Å². The molecule has 220 valence electrons. The molecule has 2 aliphatic rings. The van der Waals surface area contributed by atoms with Gasteiger partial charge >= 0.3 is 0 Å². The number of pyridine rings is 1. The first kappa shape index (κ1) is 29.2. The van der Waals surface area contributed by atoms with Gasteiger partial charge in [0.15, 0.2) is 11.4 Å². The van der Waals surface area contributed by atoms with E-state index < -0.39 is 0 Å².